The van der Waals surface area contributed by atoms with Gasteiger partial charge in [-0.25, -0.2) is 10.9 Å². The first-order valence-corrected chi connectivity index (χ1v) is 8.39. The molecule has 0 heterocycles. The highest BCUT2D eigenvalue weighted by atomic mass is 16.8. The molecule has 2 rings (SSSR count). The van der Waals surface area contributed by atoms with Gasteiger partial charge < -0.3 is 9.47 Å². The van der Waals surface area contributed by atoms with Gasteiger partial charge in [0.25, 0.3) is 11.8 Å². The fourth-order valence-corrected chi connectivity index (χ4v) is 2.38. The van der Waals surface area contributed by atoms with Gasteiger partial charge >= 0.3 is 0 Å². The first-order chi connectivity index (χ1) is 14.4. The number of hydroxylamine groups is 1. The fraction of sp³-hybridized carbons (Fsp3) is 0.105. The molecule has 0 aliphatic heterocycles. The van der Waals surface area contributed by atoms with Crippen molar-refractivity contribution in [3.05, 3.63) is 59.2 Å². The van der Waals surface area contributed by atoms with Crippen LogP contribution in [0.2, 0.25) is 0 Å². The van der Waals surface area contributed by atoms with Gasteiger partial charge in [0.15, 0.2) is 11.5 Å². The largest absolute Gasteiger partial charge is 0.493 e. The molecule has 0 fully saturated rings. The van der Waals surface area contributed by atoms with Gasteiger partial charge in [0, 0.05) is 23.3 Å². The molecule has 0 unspecified atom stereocenters. The van der Waals surface area contributed by atoms with Crippen molar-refractivity contribution >= 4 is 29.8 Å². The summed E-state index contributed by atoms with van der Waals surface area (Å²) in [7, 11) is 2.82. The fourth-order valence-electron chi connectivity index (χ4n) is 2.38. The average Bonchev–Trinajstić information content (AvgIpc) is 2.76. The molecule has 0 aromatic heterocycles. The van der Waals surface area contributed by atoms with Crippen molar-refractivity contribution in [2.24, 2.45) is 5.10 Å². The van der Waals surface area contributed by atoms with E-state index in [2.05, 4.69) is 10.5 Å². The Bertz CT molecular complexity index is 973. The van der Waals surface area contributed by atoms with Crippen LogP contribution < -0.4 is 25.6 Å². The number of nitrogens with zero attached hydrogens (tertiary/aromatic N) is 2. The van der Waals surface area contributed by atoms with Crippen molar-refractivity contribution in [2.75, 3.05) is 19.4 Å². The number of amides is 2. The summed E-state index contributed by atoms with van der Waals surface area (Å²) in [5, 5.41) is 31.0. The number of hydrazone groups is 1. The van der Waals surface area contributed by atoms with Crippen LogP contribution in [-0.4, -0.2) is 47.9 Å². The number of anilines is 1. The Balaban J connectivity index is 2.18. The van der Waals surface area contributed by atoms with Crippen molar-refractivity contribution in [3.8, 4) is 11.5 Å². The van der Waals surface area contributed by atoms with Crippen molar-refractivity contribution < 1.29 is 34.7 Å². The first-order valence-electron chi connectivity index (χ1n) is 8.39. The number of ether oxygens (including phenoxy) is 2. The SMILES string of the molecule is COc1cc(C=NNC(=O)c2cccc(C=CC(=O)NO)c2)c(N(O)O)cc1OC. The molecule has 2 amide bonds. The van der Waals surface area contributed by atoms with Crippen LogP contribution in [0.25, 0.3) is 6.08 Å². The number of hydrogen-bond acceptors (Lipinski definition) is 9. The van der Waals surface area contributed by atoms with E-state index >= 15 is 0 Å². The first kappa shape index (κ1) is 22.4. The lowest BCUT2D eigenvalue weighted by Gasteiger charge is -2.15. The molecule has 11 nitrogen and oxygen atoms in total. The monoisotopic (exact) mass is 416 g/mol. The Morgan fingerprint density at radius 1 is 1.10 bits per heavy atom. The van der Waals surface area contributed by atoms with Crippen LogP contribution in [-0.2, 0) is 4.79 Å². The van der Waals surface area contributed by atoms with E-state index in [1.54, 1.807) is 18.2 Å². The molecular weight excluding hydrogens is 396 g/mol. The van der Waals surface area contributed by atoms with E-state index in [0.29, 0.717) is 11.3 Å². The molecule has 5 N–H and O–H groups in total. The Hall–Kier alpha value is -3.93. The molecule has 158 valence electrons. The number of carbonyl (C=O) groups excluding carboxylic acids is 2. The summed E-state index contributed by atoms with van der Waals surface area (Å²) in [5.41, 5.74) is 4.76. The molecule has 11 heteroatoms. The van der Waals surface area contributed by atoms with Crippen LogP contribution in [0.15, 0.2) is 47.6 Å². The summed E-state index contributed by atoms with van der Waals surface area (Å²) < 4.78 is 10.3. The predicted octanol–water partition coefficient (Wildman–Crippen LogP) is 1.57. The van der Waals surface area contributed by atoms with Gasteiger partial charge in [-0.3, -0.25) is 25.2 Å². The zero-order chi connectivity index (χ0) is 22.1. The molecule has 0 radical (unpaired) electrons. The maximum absolute atomic E-state index is 12.3. The van der Waals surface area contributed by atoms with E-state index < -0.39 is 11.8 Å². The van der Waals surface area contributed by atoms with E-state index in [0.717, 1.165) is 6.08 Å². The standard InChI is InChI=1S/C19H20N4O7/c1-29-16-9-14(15(23(27)28)10-17(16)30-2)11-20-21-19(25)13-5-3-4-12(8-13)6-7-18(24)22-26/h3-11,26-28H,1-2H3,(H,21,25)(H,22,24). The summed E-state index contributed by atoms with van der Waals surface area (Å²) in [4.78, 5) is 23.3. The van der Waals surface area contributed by atoms with Crippen LogP contribution in [0.3, 0.4) is 0 Å². The quantitative estimate of drug-likeness (QED) is 0.188. The Kier molecular flexibility index (Phi) is 7.88. The Morgan fingerprint density at radius 2 is 1.80 bits per heavy atom. The molecule has 0 saturated heterocycles. The van der Waals surface area contributed by atoms with Crippen molar-refractivity contribution in [2.45, 2.75) is 0 Å². The zero-order valence-corrected chi connectivity index (χ0v) is 16.1. The summed E-state index contributed by atoms with van der Waals surface area (Å²) in [6.07, 6.45) is 3.71. The third kappa shape index (κ3) is 5.78. The number of hydrogen-bond donors (Lipinski definition) is 5. The number of nitrogens with one attached hydrogen (secondary N) is 2. The third-order valence-corrected chi connectivity index (χ3v) is 3.80. The second-order valence-electron chi connectivity index (χ2n) is 5.69. The lowest BCUT2D eigenvalue weighted by Crippen LogP contribution is -2.18. The molecule has 0 spiro atoms. The molecule has 2 aromatic carbocycles. The van der Waals surface area contributed by atoms with Crippen LogP contribution >= 0.6 is 0 Å². The number of benzene rings is 2. The highest BCUT2D eigenvalue weighted by Gasteiger charge is 2.14. The van der Waals surface area contributed by atoms with E-state index in [1.807, 2.05) is 0 Å². The highest BCUT2D eigenvalue weighted by Crippen LogP contribution is 2.33. The van der Waals surface area contributed by atoms with Crippen LogP contribution in [0, 0.1) is 0 Å². The van der Waals surface area contributed by atoms with Crippen molar-refractivity contribution in [1.29, 1.82) is 0 Å². The van der Waals surface area contributed by atoms with E-state index in [9.17, 15) is 20.0 Å². The Morgan fingerprint density at radius 3 is 2.43 bits per heavy atom. The highest BCUT2D eigenvalue weighted by molar-refractivity contribution is 5.97. The molecule has 2 aromatic rings. The molecule has 0 bridgehead atoms. The average molecular weight is 416 g/mol. The predicted molar refractivity (Wildman–Crippen MR) is 106 cm³/mol. The second-order valence-corrected chi connectivity index (χ2v) is 5.69. The number of carbonyl (C=O) groups is 2. The third-order valence-electron chi connectivity index (χ3n) is 3.80. The van der Waals surface area contributed by atoms with Crippen LogP contribution in [0.4, 0.5) is 5.69 Å². The number of methoxy groups -OCH3 is 2. The van der Waals surface area contributed by atoms with Crippen LogP contribution in [0.5, 0.6) is 11.5 Å². The van der Waals surface area contributed by atoms with E-state index in [4.69, 9.17) is 14.7 Å². The van der Waals surface area contributed by atoms with Gasteiger partial charge in [-0.1, -0.05) is 12.1 Å². The summed E-state index contributed by atoms with van der Waals surface area (Å²) in [6, 6.07) is 9.09. The van der Waals surface area contributed by atoms with Crippen molar-refractivity contribution in [1.82, 2.24) is 10.9 Å². The van der Waals surface area contributed by atoms with Gasteiger partial charge in [0.05, 0.1) is 20.4 Å². The van der Waals surface area contributed by atoms with Gasteiger partial charge in [-0.2, -0.15) is 5.10 Å². The molecule has 30 heavy (non-hydrogen) atoms. The molecule has 0 atom stereocenters. The molecule has 0 aliphatic rings. The van der Waals surface area contributed by atoms with Gasteiger partial charge in [-0.15, -0.1) is 5.23 Å². The molecule has 0 saturated carbocycles. The van der Waals surface area contributed by atoms with Gasteiger partial charge in [-0.05, 0) is 29.8 Å². The van der Waals surface area contributed by atoms with Crippen LogP contribution in [0.1, 0.15) is 21.5 Å². The van der Waals surface area contributed by atoms with E-state index in [-0.39, 0.29) is 27.8 Å². The maximum Gasteiger partial charge on any atom is 0.271 e. The summed E-state index contributed by atoms with van der Waals surface area (Å²) in [5.74, 6) is -0.661. The van der Waals surface area contributed by atoms with Gasteiger partial charge in [0.1, 0.15) is 5.69 Å². The smallest absolute Gasteiger partial charge is 0.271 e. The zero-order valence-electron chi connectivity index (χ0n) is 16.1. The normalized spacial score (nSPS) is 10.8. The summed E-state index contributed by atoms with van der Waals surface area (Å²) >= 11 is 0. The minimum absolute atomic E-state index is 0.0556. The lowest BCUT2D eigenvalue weighted by atomic mass is 10.1. The number of rotatable bonds is 8. The maximum atomic E-state index is 12.3. The Labute approximate surface area is 171 Å². The minimum Gasteiger partial charge on any atom is -0.493 e. The second kappa shape index (κ2) is 10.6. The van der Waals surface area contributed by atoms with E-state index in [1.165, 1.54) is 50.2 Å². The molecular formula is C19H20N4O7. The topological polar surface area (TPSA) is 153 Å². The molecule has 0 aliphatic carbocycles. The van der Waals surface area contributed by atoms with Gasteiger partial charge in [0.2, 0.25) is 0 Å². The lowest BCUT2D eigenvalue weighted by molar-refractivity contribution is -0.124. The summed E-state index contributed by atoms with van der Waals surface area (Å²) in [6.45, 7) is 0. The van der Waals surface area contributed by atoms with Crippen molar-refractivity contribution in [3.63, 3.8) is 0 Å². The minimum atomic E-state index is -0.706.